The second-order valence-corrected chi connectivity index (χ2v) is 23.9. The number of hydrogen-bond acceptors (Lipinski definition) is 3. The van der Waals surface area contributed by atoms with Crippen LogP contribution in [0.15, 0.2) is 0 Å². The zero-order valence-corrected chi connectivity index (χ0v) is 19.9. The molecule has 0 saturated heterocycles. The molecule has 0 N–H and O–H groups in total. The van der Waals surface area contributed by atoms with Gasteiger partial charge >= 0.3 is 8.56 Å². The topological polar surface area (TPSA) is 27.7 Å². The van der Waals surface area contributed by atoms with E-state index in [4.69, 9.17) is 12.7 Å². The van der Waals surface area contributed by atoms with Gasteiger partial charge in [0.1, 0.15) is 0 Å². The molecule has 7 heteroatoms. The van der Waals surface area contributed by atoms with E-state index in [2.05, 4.69) is 82.2 Å². The highest BCUT2D eigenvalue weighted by atomic mass is 28.4. The van der Waals surface area contributed by atoms with Crippen molar-refractivity contribution in [1.82, 2.24) is 0 Å². The summed E-state index contributed by atoms with van der Waals surface area (Å²) in [4.78, 5) is 0. The largest absolute Gasteiger partial charge is 0.454 e. The lowest BCUT2D eigenvalue weighted by Gasteiger charge is -2.35. The van der Waals surface area contributed by atoms with E-state index in [1.54, 1.807) is 6.92 Å². The van der Waals surface area contributed by atoms with Gasteiger partial charge in [0.2, 0.25) is 0 Å². The number of rotatable bonds is 7. The lowest BCUT2D eigenvalue weighted by atomic mass is 10.6. The van der Waals surface area contributed by atoms with Crippen LogP contribution in [0.5, 0.6) is 0 Å². The first-order valence-electron chi connectivity index (χ1n) is 7.66. The van der Waals surface area contributed by atoms with Crippen molar-refractivity contribution in [2.45, 2.75) is 65.8 Å². The van der Waals surface area contributed by atoms with Gasteiger partial charge < -0.3 is 12.7 Å². The molecule has 0 aromatic carbocycles. The molecule has 0 amide bonds. The summed E-state index contributed by atoms with van der Waals surface area (Å²) in [5.41, 5.74) is 3.19. The van der Waals surface area contributed by atoms with Crippen molar-refractivity contribution in [3.05, 3.63) is 0 Å². The van der Waals surface area contributed by atoms with Crippen molar-refractivity contribution in [2.24, 2.45) is 0 Å². The van der Waals surface area contributed by atoms with Crippen LogP contribution in [0.1, 0.15) is 6.92 Å². The average molecular weight is 373 g/mol. The van der Waals surface area contributed by atoms with Gasteiger partial charge in [-0.15, -0.1) is 0 Å². The Morgan fingerprint density at radius 2 is 1.32 bits per heavy atom. The van der Waals surface area contributed by atoms with E-state index >= 15 is 0 Å². The highest BCUT2D eigenvalue weighted by molar-refractivity contribution is 6.88. The van der Waals surface area contributed by atoms with Crippen LogP contribution in [0.4, 0.5) is 0 Å². The first-order valence-corrected chi connectivity index (χ1v) is 19.9. The monoisotopic (exact) mass is 372 g/mol. The minimum Gasteiger partial charge on any atom is -0.454 e. The molecule has 0 radical (unpaired) electrons. The van der Waals surface area contributed by atoms with Crippen LogP contribution in [-0.2, 0) is 12.7 Å². The first-order chi connectivity index (χ1) is 9.68. The minimum atomic E-state index is -2.20. The molecule has 0 aromatic rings. The zero-order chi connectivity index (χ0) is 17.7. The summed E-state index contributed by atoms with van der Waals surface area (Å²) in [6.45, 7) is 21.3. The molecule has 3 nitrogen and oxygen atoms in total. The fourth-order valence-corrected chi connectivity index (χ4v) is 17.5. The Morgan fingerprint density at radius 1 is 0.773 bits per heavy atom. The fraction of sp³-hybridized carbons (Fsp3) is 0.733. The zero-order valence-electron chi connectivity index (χ0n) is 15.9. The van der Waals surface area contributed by atoms with Gasteiger partial charge in [-0.25, -0.2) is 0 Å². The van der Waals surface area contributed by atoms with Gasteiger partial charge in [0.15, 0.2) is 16.6 Å². The molecule has 0 aliphatic carbocycles. The molecule has 22 heavy (non-hydrogen) atoms. The van der Waals surface area contributed by atoms with E-state index in [-0.39, 0.29) is 0 Å². The quantitative estimate of drug-likeness (QED) is 0.497. The third-order valence-electron chi connectivity index (χ3n) is 2.40. The van der Waals surface area contributed by atoms with E-state index in [1.807, 2.05) is 0 Å². The predicted octanol–water partition coefficient (Wildman–Crippen LogP) is 4.09. The maximum atomic E-state index is 6.31. The van der Waals surface area contributed by atoms with Crippen LogP contribution in [0.3, 0.4) is 0 Å². The lowest BCUT2D eigenvalue weighted by Crippen LogP contribution is -2.52. The van der Waals surface area contributed by atoms with Crippen LogP contribution in [0.2, 0.25) is 58.9 Å². The Morgan fingerprint density at radius 3 is 1.77 bits per heavy atom. The van der Waals surface area contributed by atoms with E-state index in [9.17, 15) is 0 Å². The smallest absolute Gasteiger partial charge is 0.321 e. The standard InChI is InChI=1S/C15H32O3Si4/c1-11-12-13-14-20(5,6)18-22(9,10)16-15-21(7,8)17-19(2,3)4/h15H2,1-10H3. The molecule has 0 spiro atoms. The maximum Gasteiger partial charge on any atom is 0.321 e. The van der Waals surface area contributed by atoms with Crippen LogP contribution in [0, 0.1) is 23.3 Å². The Labute approximate surface area is 141 Å². The molecule has 0 unspecified atom stereocenters. The van der Waals surface area contributed by atoms with Crippen molar-refractivity contribution in [2.75, 3.05) is 6.23 Å². The molecule has 0 fully saturated rings. The number of hydrogen-bond donors (Lipinski definition) is 0. The Bertz CT molecular complexity index is 485. The van der Waals surface area contributed by atoms with Gasteiger partial charge in [0.05, 0.1) is 6.23 Å². The van der Waals surface area contributed by atoms with Gasteiger partial charge in [-0.1, -0.05) is 11.5 Å². The Kier molecular flexibility index (Phi) is 8.06. The summed E-state index contributed by atoms with van der Waals surface area (Å²) in [6, 6.07) is 0. The molecule has 0 atom stereocenters. The van der Waals surface area contributed by atoms with Crippen molar-refractivity contribution < 1.29 is 12.7 Å². The molecule has 126 valence electrons. The van der Waals surface area contributed by atoms with Crippen LogP contribution >= 0.6 is 0 Å². The molecule has 0 rings (SSSR count). The molecular formula is C15H32O3Si4. The van der Waals surface area contributed by atoms with E-state index in [0.29, 0.717) is 6.23 Å². The van der Waals surface area contributed by atoms with Crippen molar-refractivity contribution >= 4 is 33.5 Å². The molecule has 0 bridgehead atoms. The van der Waals surface area contributed by atoms with Crippen LogP contribution in [0.25, 0.3) is 0 Å². The summed E-state index contributed by atoms with van der Waals surface area (Å²) >= 11 is 0. The van der Waals surface area contributed by atoms with Crippen molar-refractivity contribution in [1.29, 1.82) is 0 Å². The van der Waals surface area contributed by atoms with E-state index in [1.165, 1.54) is 0 Å². The summed E-state index contributed by atoms with van der Waals surface area (Å²) in [6.07, 6.45) is 0.684. The van der Waals surface area contributed by atoms with Gasteiger partial charge in [0.25, 0.3) is 8.32 Å². The maximum absolute atomic E-state index is 6.31. The van der Waals surface area contributed by atoms with Crippen molar-refractivity contribution in [3.63, 3.8) is 0 Å². The third kappa shape index (κ3) is 11.4. The molecular weight excluding hydrogens is 341 g/mol. The Hall–Kier alpha value is -0.132. The SMILES string of the molecule is CC#CC#C[Si](C)(C)O[Si](C)(C)OC[Si](C)(C)O[Si](C)(C)C. The fourth-order valence-electron chi connectivity index (χ4n) is 2.12. The summed E-state index contributed by atoms with van der Waals surface area (Å²) in [5.74, 6) is 8.45. The Balaban J connectivity index is 4.71. The molecule has 0 heterocycles. The second kappa shape index (κ2) is 8.11. The van der Waals surface area contributed by atoms with Gasteiger partial charge in [-0.3, -0.25) is 0 Å². The normalized spacial score (nSPS) is 13.0. The third-order valence-corrected chi connectivity index (χ3v) is 13.8. The summed E-state index contributed by atoms with van der Waals surface area (Å²) in [7, 11) is -7.60. The molecule has 0 aliphatic rings. The average Bonchev–Trinajstić information content (AvgIpc) is 2.22. The van der Waals surface area contributed by atoms with Crippen LogP contribution < -0.4 is 0 Å². The second-order valence-electron chi connectivity index (χ2n) is 7.90. The highest BCUT2D eigenvalue weighted by Crippen LogP contribution is 2.19. The molecule has 0 aromatic heterocycles. The van der Waals surface area contributed by atoms with Gasteiger partial charge in [0, 0.05) is 0 Å². The summed E-state index contributed by atoms with van der Waals surface area (Å²) < 4.78 is 18.8. The summed E-state index contributed by atoms with van der Waals surface area (Å²) in [5, 5.41) is 0. The molecule has 0 saturated carbocycles. The van der Waals surface area contributed by atoms with Crippen molar-refractivity contribution in [3.8, 4) is 23.3 Å². The first kappa shape index (κ1) is 21.9. The molecule has 0 aliphatic heterocycles. The predicted molar refractivity (Wildman–Crippen MR) is 105 cm³/mol. The van der Waals surface area contributed by atoms with Crippen LogP contribution in [-0.4, -0.2) is 39.7 Å². The highest BCUT2D eigenvalue weighted by Gasteiger charge is 2.37. The van der Waals surface area contributed by atoms with Gasteiger partial charge in [-0.2, -0.15) is 0 Å². The lowest BCUT2D eigenvalue weighted by molar-refractivity contribution is 0.276. The van der Waals surface area contributed by atoms with Gasteiger partial charge in [-0.05, 0) is 77.7 Å². The van der Waals surface area contributed by atoms with E-state index in [0.717, 1.165) is 0 Å². The van der Waals surface area contributed by atoms with E-state index < -0.39 is 33.5 Å². The minimum absolute atomic E-state index is 0.684.